The molecule has 1 aromatic carbocycles. The Kier molecular flexibility index (Phi) is 6.68. The van der Waals surface area contributed by atoms with Gasteiger partial charge >= 0.3 is 5.97 Å². The minimum Gasteiger partial charge on any atom is -0.493 e. The number of esters is 1. The van der Waals surface area contributed by atoms with Gasteiger partial charge in [-0.15, -0.1) is 0 Å². The standard InChI is InChI=1S/C15H20O4/c1-3-15(17)19-11-12(2)13-7-4-5-8-14(13)18-10-6-9-16/h3-5,7-8,12,16H,1,6,9-11H2,2H3. The van der Waals surface area contributed by atoms with E-state index in [1.54, 1.807) is 0 Å². The van der Waals surface area contributed by atoms with Crippen molar-refractivity contribution >= 4 is 5.97 Å². The molecule has 0 amide bonds. The van der Waals surface area contributed by atoms with Gasteiger partial charge in [-0.2, -0.15) is 0 Å². The highest BCUT2D eigenvalue weighted by Crippen LogP contribution is 2.26. The highest BCUT2D eigenvalue weighted by atomic mass is 16.5. The zero-order valence-corrected chi connectivity index (χ0v) is 11.2. The highest BCUT2D eigenvalue weighted by molar-refractivity contribution is 5.81. The van der Waals surface area contributed by atoms with Gasteiger partial charge < -0.3 is 14.6 Å². The molecule has 19 heavy (non-hydrogen) atoms. The number of hydrogen-bond acceptors (Lipinski definition) is 4. The summed E-state index contributed by atoms with van der Waals surface area (Å²) in [5, 5.41) is 8.75. The molecule has 0 bridgehead atoms. The van der Waals surface area contributed by atoms with Crippen LogP contribution in [0.1, 0.15) is 24.8 Å². The Labute approximate surface area is 113 Å². The third-order valence-electron chi connectivity index (χ3n) is 2.65. The van der Waals surface area contributed by atoms with Crippen LogP contribution in [0.4, 0.5) is 0 Å². The van der Waals surface area contributed by atoms with Gasteiger partial charge in [0.05, 0.1) is 13.2 Å². The molecule has 4 heteroatoms. The number of rotatable bonds is 8. The van der Waals surface area contributed by atoms with Crippen molar-refractivity contribution < 1.29 is 19.4 Å². The minimum atomic E-state index is -0.425. The number of aliphatic hydroxyl groups is 1. The normalized spacial score (nSPS) is 11.7. The quantitative estimate of drug-likeness (QED) is 0.444. The molecule has 4 nitrogen and oxygen atoms in total. The first-order valence-electron chi connectivity index (χ1n) is 6.30. The van der Waals surface area contributed by atoms with E-state index in [0.717, 1.165) is 17.4 Å². The smallest absolute Gasteiger partial charge is 0.330 e. The Morgan fingerprint density at radius 2 is 2.21 bits per heavy atom. The first-order valence-corrected chi connectivity index (χ1v) is 6.30. The van der Waals surface area contributed by atoms with Crippen LogP contribution >= 0.6 is 0 Å². The number of ether oxygens (including phenoxy) is 2. The number of hydrogen-bond donors (Lipinski definition) is 1. The first-order chi connectivity index (χ1) is 9.19. The molecule has 1 unspecified atom stereocenters. The van der Waals surface area contributed by atoms with E-state index in [-0.39, 0.29) is 19.1 Å². The van der Waals surface area contributed by atoms with Gasteiger partial charge in [-0.05, 0) is 6.07 Å². The Morgan fingerprint density at radius 3 is 2.89 bits per heavy atom. The van der Waals surface area contributed by atoms with E-state index in [2.05, 4.69) is 6.58 Å². The summed E-state index contributed by atoms with van der Waals surface area (Å²) < 4.78 is 10.6. The van der Waals surface area contributed by atoms with Crippen molar-refractivity contribution in [1.82, 2.24) is 0 Å². The van der Waals surface area contributed by atoms with Crippen LogP contribution in [0.15, 0.2) is 36.9 Å². The number of benzene rings is 1. The van der Waals surface area contributed by atoms with E-state index in [1.165, 1.54) is 0 Å². The predicted octanol–water partition coefficient (Wildman–Crippen LogP) is 2.28. The first kappa shape index (κ1) is 15.2. The molecule has 0 aliphatic carbocycles. The molecule has 0 spiro atoms. The summed E-state index contributed by atoms with van der Waals surface area (Å²) in [6.45, 7) is 6.17. The van der Waals surface area contributed by atoms with Crippen LogP contribution in [-0.4, -0.2) is 30.9 Å². The number of aliphatic hydroxyl groups excluding tert-OH is 1. The van der Waals surface area contributed by atoms with Gasteiger partial charge in [0.1, 0.15) is 5.75 Å². The molecule has 104 valence electrons. The van der Waals surface area contributed by atoms with Crippen LogP contribution < -0.4 is 4.74 Å². The fourth-order valence-electron chi connectivity index (χ4n) is 1.62. The zero-order valence-electron chi connectivity index (χ0n) is 11.2. The SMILES string of the molecule is C=CC(=O)OCC(C)c1ccccc1OCCCO. The van der Waals surface area contributed by atoms with Crippen molar-refractivity contribution in [1.29, 1.82) is 0 Å². The second-order valence-electron chi connectivity index (χ2n) is 4.20. The van der Waals surface area contributed by atoms with E-state index >= 15 is 0 Å². The second-order valence-corrected chi connectivity index (χ2v) is 4.20. The summed E-state index contributed by atoms with van der Waals surface area (Å²) in [6.07, 6.45) is 1.74. The van der Waals surface area contributed by atoms with Crippen LogP contribution in [0.3, 0.4) is 0 Å². The maximum atomic E-state index is 11.0. The summed E-state index contributed by atoms with van der Waals surface area (Å²) in [5.41, 5.74) is 0.984. The predicted molar refractivity (Wildman–Crippen MR) is 73.2 cm³/mol. The van der Waals surface area contributed by atoms with Crippen LogP contribution in [0.2, 0.25) is 0 Å². The van der Waals surface area contributed by atoms with Crippen molar-refractivity contribution in [2.45, 2.75) is 19.3 Å². The largest absolute Gasteiger partial charge is 0.493 e. The lowest BCUT2D eigenvalue weighted by molar-refractivity contribution is -0.138. The lowest BCUT2D eigenvalue weighted by atomic mass is 10.0. The lowest BCUT2D eigenvalue weighted by Crippen LogP contribution is -2.10. The minimum absolute atomic E-state index is 0.0363. The lowest BCUT2D eigenvalue weighted by Gasteiger charge is -2.16. The molecule has 0 aromatic heterocycles. The van der Waals surface area contributed by atoms with Crippen LogP contribution in [-0.2, 0) is 9.53 Å². The van der Waals surface area contributed by atoms with Crippen LogP contribution in [0, 0.1) is 0 Å². The maximum absolute atomic E-state index is 11.0. The monoisotopic (exact) mass is 264 g/mol. The summed E-state index contributed by atoms with van der Waals surface area (Å²) in [7, 11) is 0. The topological polar surface area (TPSA) is 55.8 Å². The third kappa shape index (κ3) is 5.14. The third-order valence-corrected chi connectivity index (χ3v) is 2.65. The summed E-state index contributed by atoms with van der Waals surface area (Å²) >= 11 is 0. The average molecular weight is 264 g/mol. The molecule has 0 fully saturated rings. The molecular formula is C15H20O4. The molecule has 0 radical (unpaired) electrons. The zero-order chi connectivity index (χ0) is 14.1. The van der Waals surface area contributed by atoms with E-state index < -0.39 is 5.97 Å². The van der Waals surface area contributed by atoms with Gasteiger partial charge in [0.25, 0.3) is 0 Å². The number of carbonyl (C=O) groups excluding carboxylic acids is 1. The molecule has 1 N–H and O–H groups in total. The van der Waals surface area contributed by atoms with E-state index in [1.807, 2.05) is 31.2 Å². The molecule has 0 saturated heterocycles. The Hall–Kier alpha value is -1.81. The van der Waals surface area contributed by atoms with Crippen molar-refractivity contribution in [3.05, 3.63) is 42.5 Å². The Bertz CT molecular complexity index is 414. The number of carbonyl (C=O) groups is 1. The van der Waals surface area contributed by atoms with E-state index in [9.17, 15) is 4.79 Å². The molecule has 0 heterocycles. The summed E-state index contributed by atoms with van der Waals surface area (Å²) in [5.74, 6) is 0.373. The summed E-state index contributed by atoms with van der Waals surface area (Å²) in [6, 6.07) is 7.62. The van der Waals surface area contributed by atoms with Gasteiger partial charge in [-0.25, -0.2) is 4.79 Å². The van der Waals surface area contributed by atoms with E-state index in [0.29, 0.717) is 13.0 Å². The molecular weight excluding hydrogens is 244 g/mol. The van der Waals surface area contributed by atoms with Gasteiger partial charge in [0.15, 0.2) is 0 Å². The van der Waals surface area contributed by atoms with Crippen molar-refractivity contribution in [2.24, 2.45) is 0 Å². The van der Waals surface area contributed by atoms with Crippen molar-refractivity contribution in [3.8, 4) is 5.75 Å². The van der Waals surface area contributed by atoms with Crippen LogP contribution in [0.5, 0.6) is 5.75 Å². The molecule has 1 atom stereocenters. The van der Waals surface area contributed by atoms with Crippen molar-refractivity contribution in [2.75, 3.05) is 19.8 Å². The second kappa shape index (κ2) is 8.32. The van der Waals surface area contributed by atoms with Crippen LogP contribution in [0.25, 0.3) is 0 Å². The van der Waals surface area contributed by atoms with Gasteiger partial charge in [-0.1, -0.05) is 31.7 Å². The molecule has 1 rings (SSSR count). The van der Waals surface area contributed by atoms with Gasteiger partial charge in [-0.3, -0.25) is 0 Å². The molecule has 0 saturated carbocycles. The fourth-order valence-corrected chi connectivity index (χ4v) is 1.62. The molecule has 1 aromatic rings. The molecule has 0 aliphatic rings. The Morgan fingerprint density at radius 1 is 1.47 bits per heavy atom. The maximum Gasteiger partial charge on any atom is 0.330 e. The van der Waals surface area contributed by atoms with Crippen molar-refractivity contribution in [3.63, 3.8) is 0 Å². The average Bonchev–Trinajstić information content (AvgIpc) is 2.45. The highest BCUT2D eigenvalue weighted by Gasteiger charge is 2.13. The van der Waals surface area contributed by atoms with E-state index in [4.69, 9.17) is 14.6 Å². The van der Waals surface area contributed by atoms with Gasteiger partial charge in [0.2, 0.25) is 0 Å². The summed E-state index contributed by atoms with van der Waals surface area (Å²) in [4.78, 5) is 11.0. The Balaban J connectivity index is 2.64. The number of para-hydroxylation sites is 1. The fraction of sp³-hybridized carbons (Fsp3) is 0.400. The van der Waals surface area contributed by atoms with Gasteiger partial charge in [0, 0.05) is 30.6 Å². The molecule has 0 aliphatic heterocycles.